The van der Waals surface area contributed by atoms with Gasteiger partial charge in [0.2, 0.25) is 0 Å². The van der Waals surface area contributed by atoms with E-state index in [-0.39, 0.29) is 5.41 Å². The van der Waals surface area contributed by atoms with Gasteiger partial charge in [0.25, 0.3) is 0 Å². The van der Waals surface area contributed by atoms with Gasteiger partial charge in [-0.05, 0) is 47.8 Å². The lowest BCUT2D eigenvalue weighted by Gasteiger charge is -2.42. The van der Waals surface area contributed by atoms with Gasteiger partial charge in [-0.1, -0.05) is 47.6 Å². The number of benzene rings is 1. The van der Waals surface area contributed by atoms with E-state index in [1.54, 1.807) is 0 Å². The molecule has 0 unspecified atom stereocenters. The van der Waals surface area contributed by atoms with Crippen LogP contribution in [0.15, 0.2) is 18.0 Å². The summed E-state index contributed by atoms with van der Waals surface area (Å²) >= 11 is 0. The Balaban J connectivity index is 2.85. The van der Waals surface area contributed by atoms with Gasteiger partial charge in [0.1, 0.15) is 0 Å². The molecule has 1 heterocycles. The molecule has 25 heavy (non-hydrogen) atoms. The lowest BCUT2D eigenvalue weighted by Crippen LogP contribution is -2.38. The van der Waals surface area contributed by atoms with Gasteiger partial charge in [-0.3, -0.25) is 4.79 Å². The summed E-state index contributed by atoms with van der Waals surface area (Å²) < 4.78 is 14.4. The van der Waals surface area contributed by atoms with Crippen LogP contribution in [-0.4, -0.2) is 19.4 Å². The smallest absolute Gasteiger partial charge is 0.178 e. The van der Waals surface area contributed by atoms with Crippen molar-refractivity contribution in [2.24, 2.45) is 0 Å². The molecule has 0 radical (unpaired) electrons. The number of aldehydes is 1. The molecule has 0 atom stereocenters. The van der Waals surface area contributed by atoms with E-state index in [4.69, 9.17) is 0 Å². The normalized spacial score (nSPS) is 17.4. The average Bonchev–Trinajstić information content (AvgIpc) is 2.57. The Bertz CT molecular complexity index is 673. The monoisotopic (exact) mass is 345 g/mol. The molecule has 0 saturated carbocycles. The first-order chi connectivity index (χ1) is 11.8. The van der Waals surface area contributed by atoms with E-state index in [9.17, 15) is 9.18 Å². The Hall–Kier alpha value is -1.64. The van der Waals surface area contributed by atoms with Crippen LogP contribution in [0.4, 0.5) is 10.1 Å². The van der Waals surface area contributed by atoms with Crippen molar-refractivity contribution in [3.8, 4) is 0 Å². The van der Waals surface area contributed by atoms with Crippen molar-refractivity contribution in [3.05, 3.63) is 34.6 Å². The van der Waals surface area contributed by atoms with Gasteiger partial charge in [0, 0.05) is 29.9 Å². The first-order valence-electron chi connectivity index (χ1n) is 9.54. The van der Waals surface area contributed by atoms with E-state index >= 15 is 0 Å². The number of fused-ring (bicyclic) bond motifs is 1. The molecule has 0 N–H and O–H groups in total. The number of carbonyl (C=O) groups is 1. The summed E-state index contributed by atoms with van der Waals surface area (Å²) in [5, 5.41) is 0. The number of allylic oxidation sites excluding steroid dienone is 2. The van der Waals surface area contributed by atoms with Gasteiger partial charge < -0.3 is 4.90 Å². The Morgan fingerprint density at radius 3 is 2.52 bits per heavy atom. The molecule has 1 aliphatic rings. The maximum absolute atomic E-state index is 14.4. The first-order valence-corrected chi connectivity index (χ1v) is 9.54. The van der Waals surface area contributed by atoms with Crippen molar-refractivity contribution in [3.63, 3.8) is 0 Å². The van der Waals surface area contributed by atoms with Crippen molar-refractivity contribution in [2.45, 2.75) is 72.1 Å². The molecular weight excluding hydrogens is 313 g/mol. The molecule has 2 nitrogen and oxygen atoms in total. The third-order valence-electron chi connectivity index (χ3n) is 5.41. The van der Waals surface area contributed by atoms with E-state index in [2.05, 4.69) is 51.7 Å². The van der Waals surface area contributed by atoms with Crippen molar-refractivity contribution >= 4 is 17.5 Å². The SMILES string of the molecule is CCCN1CCC(C)(C)c2cc(C(C)C)cc(/C(CC)=C(/F)C=O)c21. The second kappa shape index (κ2) is 7.72. The minimum absolute atomic E-state index is 0.0513. The number of nitrogens with zero attached hydrogens (tertiary/aromatic N) is 1. The van der Waals surface area contributed by atoms with Crippen LogP contribution < -0.4 is 4.90 Å². The average molecular weight is 346 g/mol. The molecular formula is C22H32FNO. The molecule has 0 bridgehead atoms. The fourth-order valence-electron chi connectivity index (χ4n) is 3.79. The van der Waals surface area contributed by atoms with Crippen molar-refractivity contribution in [1.82, 2.24) is 0 Å². The van der Waals surface area contributed by atoms with Crippen molar-refractivity contribution in [1.29, 1.82) is 0 Å². The summed E-state index contributed by atoms with van der Waals surface area (Å²) in [7, 11) is 0. The highest BCUT2D eigenvalue weighted by Crippen LogP contribution is 2.46. The van der Waals surface area contributed by atoms with Gasteiger partial charge >= 0.3 is 0 Å². The lowest BCUT2D eigenvalue weighted by atomic mass is 9.74. The van der Waals surface area contributed by atoms with Crippen LogP contribution in [0.2, 0.25) is 0 Å². The molecule has 1 aromatic rings. The maximum atomic E-state index is 14.4. The number of anilines is 1. The molecule has 0 aliphatic carbocycles. The molecule has 1 aliphatic heterocycles. The Labute approximate surface area is 152 Å². The zero-order valence-electron chi connectivity index (χ0n) is 16.6. The summed E-state index contributed by atoms with van der Waals surface area (Å²) in [4.78, 5) is 13.5. The molecule has 2 rings (SSSR count). The number of carbonyl (C=O) groups excluding carboxylic acids is 1. The van der Waals surface area contributed by atoms with Gasteiger partial charge in [0.15, 0.2) is 12.1 Å². The molecule has 0 saturated heterocycles. The van der Waals surface area contributed by atoms with Crippen LogP contribution in [0.3, 0.4) is 0 Å². The van der Waals surface area contributed by atoms with E-state index in [1.165, 1.54) is 11.1 Å². The largest absolute Gasteiger partial charge is 0.371 e. The maximum Gasteiger partial charge on any atom is 0.178 e. The Kier molecular flexibility index (Phi) is 6.08. The fraction of sp³-hybridized carbons (Fsp3) is 0.591. The quantitative estimate of drug-likeness (QED) is 0.466. The fourth-order valence-corrected chi connectivity index (χ4v) is 3.79. The summed E-state index contributed by atoms with van der Waals surface area (Å²) in [5.74, 6) is -0.274. The second-order valence-electron chi connectivity index (χ2n) is 8.04. The Morgan fingerprint density at radius 1 is 1.32 bits per heavy atom. The van der Waals surface area contributed by atoms with Crippen LogP contribution >= 0.6 is 0 Å². The highest BCUT2D eigenvalue weighted by Gasteiger charge is 2.34. The highest BCUT2D eigenvalue weighted by atomic mass is 19.1. The third kappa shape index (κ3) is 3.80. The summed E-state index contributed by atoms with van der Waals surface area (Å²) in [6.07, 6.45) is 3.00. The number of hydrogen-bond acceptors (Lipinski definition) is 2. The molecule has 0 spiro atoms. The van der Waals surface area contributed by atoms with E-state index < -0.39 is 5.83 Å². The van der Waals surface area contributed by atoms with Crippen LogP contribution in [0.1, 0.15) is 83.4 Å². The minimum Gasteiger partial charge on any atom is -0.371 e. The predicted octanol–water partition coefficient (Wildman–Crippen LogP) is 6.00. The van der Waals surface area contributed by atoms with Gasteiger partial charge in [-0.25, -0.2) is 4.39 Å². The first kappa shape index (κ1) is 19.7. The van der Waals surface area contributed by atoms with Crippen LogP contribution in [-0.2, 0) is 10.2 Å². The highest BCUT2D eigenvalue weighted by molar-refractivity contribution is 5.90. The molecule has 0 aromatic heterocycles. The summed E-state index contributed by atoms with van der Waals surface area (Å²) in [5.41, 5.74) is 5.14. The molecule has 1 aromatic carbocycles. The summed E-state index contributed by atoms with van der Waals surface area (Å²) in [6, 6.07) is 4.41. The van der Waals surface area contributed by atoms with Crippen LogP contribution in [0.5, 0.6) is 0 Å². The van der Waals surface area contributed by atoms with E-state index in [1.807, 2.05) is 6.92 Å². The van der Waals surface area contributed by atoms with Crippen LogP contribution in [0.25, 0.3) is 5.57 Å². The van der Waals surface area contributed by atoms with Crippen LogP contribution in [0, 0.1) is 0 Å². The van der Waals surface area contributed by atoms with Gasteiger partial charge in [0.05, 0.1) is 0 Å². The minimum atomic E-state index is -0.634. The molecule has 138 valence electrons. The van der Waals surface area contributed by atoms with E-state index in [0.29, 0.717) is 24.2 Å². The van der Waals surface area contributed by atoms with E-state index in [0.717, 1.165) is 37.2 Å². The number of halogens is 1. The second-order valence-corrected chi connectivity index (χ2v) is 8.04. The molecule has 3 heteroatoms. The topological polar surface area (TPSA) is 20.3 Å². The molecule has 0 amide bonds. The van der Waals surface area contributed by atoms with Crippen molar-refractivity contribution < 1.29 is 9.18 Å². The van der Waals surface area contributed by atoms with Gasteiger partial charge in [-0.15, -0.1) is 0 Å². The molecule has 0 fully saturated rings. The standard InChI is InChI=1S/C22H32FNO/c1-7-10-24-11-9-22(5,6)19-13-16(15(3)4)12-18(21(19)24)17(8-2)20(23)14-25/h12-15H,7-11H2,1-6H3/b20-17+. The number of rotatable bonds is 6. The zero-order chi connectivity index (χ0) is 18.8. The Morgan fingerprint density at radius 2 is 2.00 bits per heavy atom. The van der Waals surface area contributed by atoms with Crippen molar-refractivity contribution in [2.75, 3.05) is 18.0 Å². The summed E-state index contributed by atoms with van der Waals surface area (Å²) in [6.45, 7) is 14.9. The van der Waals surface area contributed by atoms with Gasteiger partial charge in [-0.2, -0.15) is 0 Å². The zero-order valence-corrected chi connectivity index (χ0v) is 16.6. The number of hydrogen-bond donors (Lipinski definition) is 0. The predicted molar refractivity (Wildman–Crippen MR) is 105 cm³/mol. The lowest BCUT2D eigenvalue weighted by molar-refractivity contribution is -0.106. The third-order valence-corrected chi connectivity index (χ3v) is 5.41.